The topological polar surface area (TPSA) is 143 Å². The van der Waals surface area contributed by atoms with Gasteiger partial charge in [-0.25, -0.2) is 23.7 Å². The minimum atomic E-state index is -0.743. The van der Waals surface area contributed by atoms with E-state index in [0.717, 1.165) is 12.1 Å². The molecule has 2 aromatic carbocycles. The molecule has 11 nitrogen and oxygen atoms in total. The molecule has 45 heavy (non-hydrogen) atoms. The minimum Gasteiger partial charge on any atom is -0.494 e. The Morgan fingerprint density at radius 3 is 2.49 bits per heavy atom. The molecule has 4 N–H and O–H groups in total. The molecular formula is C32H35F2N7O4. The van der Waals surface area contributed by atoms with Crippen molar-refractivity contribution < 1.29 is 27.8 Å². The molecule has 1 amide bonds. The van der Waals surface area contributed by atoms with E-state index in [1.807, 2.05) is 6.92 Å². The third-order valence-corrected chi connectivity index (χ3v) is 6.28. The summed E-state index contributed by atoms with van der Waals surface area (Å²) in [5.74, 6) is -0.605. The first kappa shape index (κ1) is 32.7. The number of aromatic nitrogens is 3. The van der Waals surface area contributed by atoms with E-state index in [-0.39, 0.29) is 47.7 Å². The summed E-state index contributed by atoms with van der Waals surface area (Å²) in [5.41, 5.74) is 1.23. The van der Waals surface area contributed by atoms with Gasteiger partial charge in [-0.3, -0.25) is 10.2 Å². The maximum atomic E-state index is 14.7. The standard InChI is InChI=1S/C32H35F2N7O4/c1-4-43-13-8-14-45-28-19-38-32(41-31(28)40-21-11-12-36-29(15-21)39-20(3)42)30(35)23-9-6-7-10-27(23)37-18-24-25(33)16-22(44-5-2)17-26(24)34/h6-7,9-12,15-17,19,35,37H,4-5,8,13-14,18H2,1-3H3,(H2,36,38,39,40,41,42). The predicted molar refractivity (Wildman–Crippen MR) is 168 cm³/mol. The van der Waals surface area contributed by atoms with Crippen LogP contribution in [-0.4, -0.2) is 53.0 Å². The van der Waals surface area contributed by atoms with Crippen molar-refractivity contribution in [2.45, 2.75) is 33.7 Å². The van der Waals surface area contributed by atoms with Gasteiger partial charge in [0.25, 0.3) is 0 Å². The number of hydrogen-bond acceptors (Lipinski definition) is 10. The summed E-state index contributed by atoms with van der Waals surface area (Å²) in [7, 11) is 0. The number of halogens is 2. The third kappa shape index (κ3) is 9.16. The van der Waals surface area contributed by atoms with Crippen molar-refractivity contribution in [2.75, 3.05) is 42.4 Å². The summed E-state index contributed by atoms with van der Waals surface area (Å²) in [4.78, 5) is 24.6. The SMILES string of the molecule is CCOCCCOc1cnc(C(=N)c2ccccc2NCc2c(F)cc(OCC)cc2F)nc1Nc1ccnc(NC(C)=O)c1. The second kappa shape index (κ2) is 16.1. The van der Waals surface area contributed by atoms with Gasteiger partial charge in [-0.05, 0) is 26.0 Å². The summed E-state index contributed by atoms with van der Waals surface area (Å²) < 4.78 is 45.9. The van der Waals surface area contributed by atoms with E-state index >= 15 is 0 Å². The normalized spacial score (nSPS) is 10.7. The molecule has 4 rings (SSSR count). The lowest BCUT2D eigenvalue weighted by molar-refractivity contribution is -0.114. The van der Waals surface area contributed by atoms with Gasteiger partial charge in [0.2, 0.25) is 5.91 Å². The van der Waals surface area contributed by atoms with Crippen LogP contribution < -0.4 is 25.4 Å². The van der Waals surface area contributed by atoms with Crippen LogP contribution in [0.4, 0.5) is 31.8 Å². The first-order valence-corrected chi connectivity index (χ1v) is 14.4. The smallest absolute Gasteiger partial charge is 0.222 e. The second-order valence-electron chi connectivity index (χ2n) is 9.61. The predicted octanol–water partition coefficient (Wildman–Crippen LogP) is 6.08. The van der Waals surface area contributed by atoms with Crippen molar-refractivity contribution in [1.82, 2.24) is 15.0 Å². The molecule has 0 spiro atoms. The molecule has 0 fully saturated rings. The molecule has 0 radical (unpaired) electrons. The first-order valence-electron chi connectivity index (χ1n) is 14.4. The van der Waals surface area contributed by atoms with Gasteiger partial charge >= 0.3 is 0 Å². The van der Waals surface area contributed by atoms with Crippen LogP contribution in [0, 0.1) is 17.0 Å². The molecule has 2 aromatic heterocycles. The van der Waals surface area contributed by atoms with Gasteiger partial charge in [0.05, 0.1) is 19.4 Å². The van der Waals surface area contributed by atoms with Crippen molar-refractivity contribution in [3.63, 3.8) is 0 Å². The van der Waals surface area contributed by atoms with E-state index in [1.165, 1.54) is 19.3 Å². The summed E-state index contributed by atoms with van der Waals surface area (Å²) in [6.45, 7) is 6.62. The number of rotatable bonds is 16. The molecule has 0 aliphatic carbocycles. The van der Waals surface area contributed by atoms with Crippen LogP contribution in [0.5, 0.6) is 11.5 Å². The van der Waals surface area contributed by atoms with Crippen LogP contribution >= 0.6 is 0 Å². The number of pyridine rings is 1. The molecule has 13 heteroatoms. The molecule has 236 valence electrons. The number of carbonyl (C=O) groups is 1. The van der Waals surface area contributed by atoms with Crippen LogP contribution in [0.3, 0.4) is 0 Å². The van der Waals surface area contributed by atoms with Gasteiger partial charge in [0, 0.05) is 80.0 Å². The fraction of sp³-hybridized carbons (Fsp3) is 0.281. The Balaban J connectivity index is 1.59. The number of benzene rings is 2. The van der Waals surface area contributed by atoms with Crippen LogP contribution in [0.15, 0.2) is 60.9 Å². The van der Waals surface area contributed by atoms with Gasteiger partial charge in [-0.15, -0.1) is 0 Å². The molecule has 0 saturated heterocycles. The zero-order chi connectivity index (χ0) is 32.2. The summed E-state index contributed by atoms with van der Waals surface area (Å²) >= 11 is 0. The Morgan fingerprint density at radius 1 is 0.978 bits per heavy atom. The molecule has 0 unspecified atom stereocenters. The molecule has 0 aliphatic heterocycles. The highest BCUT2D eigenvalue weighted by Crippen LogP contribution is 2.28. The van der Waals surface area contributed by atoms with Gasteiger partial charge in [0.1, 0.15) is 28.9 Å². The monoisotopic (exact) mass is 619 g/mol. The highest BCUT2D eigenvalue weighted by atomic mass is 19.1. The first-order chi connectivity index (χ1) is 21.8. The molecule has 0 aliphatic rings. The Morgan fingerprint density at radius 2 is 1.76 bits per heavy atom. The van der Waals surface area contributed by atoms with E-state index in [9.17, 15) is 13.6 Å². The number of para-hydroxylation sites is 1. The summed E-state index contributed by atoms with van der Waals surface area (Å²) in [5, 5.41) is 17.8. The number of nitrogens with zero attached hydrogens (tertiary/aromatic N) is 3. The largest absolute Gasteiger partial charge is 0.494 e. The van der Waals surface area contributed by atoms with Crippen molar-refractivity contribution in [3.05, 3.63) is 89.5 Å². The fourth-order valence-corrected chi connectivity index (χ4v) is 4.23. The highest BCUT2D eigenvalue weighted by Gasteiger charge is 2.18. The van der Waals surface area contributed by atoms with Crippen molar-refractivity contribution in [1.29, 1.82) is 5.41 Å². The summed E-state index contributed by atoms with van der Waals surface area (Å²) in [6, 6.07) is 12.5. The molecule has 0 atom stereocenters. The van der Waals surface area contributed by atoms with E-state index < -0.39 is 11.6 Å². The van der Waals surface area contributed by atoms with Crippen molar-refractivity contribution in [3.8, 4) is 11.5 Å². The third-order valence-electron chi connectivity index (χ3n) is 6.28. The minimum absolute atomic E-state index is 0.0367. The van der Waals surface area contributed by atoms with Gasteiger partial charge in [0.15, 0.2) is 17.4 Å². The Kier molecular flexibility index (Phi) is 11.7. The maximum Gasteiger partial charge on any atom is 0.222 e. The number of ether oxygens (including phenoxy) is 3. The molecule has 4 aromatic rings. The van der Waals surface area contributed by atoms with Crippen LogP contribution in [0.1, 0.15) is 44.1 Å². The van der Waals surface area contributed by atoms with Crippen LogP contribution in [0.25, 0.3) is 0 Å². The average Bonchev–Trinajstić information content (AvgIpc) is 3.01. The Labute approximate surface area is 259 Å². The van der Waals surface area contributed by atoms with Crippen LogP contribution in [-0.2, 0) is 16.1 Å². The van der Waals surface area contributed by atoms with E-state index in [4.69, 9.17) is 19.6 Å². The fourth-order valence-electron chi connectivity index (χ4n) is 4.23. The van der Waals surface area contributed by atoms with E-state index in [0.29, 0.717) is 54.7 Å². The van der Waals surface area contributed by atoms with Crippen molar-refractivity contribution in [2.24, 2.45) is 0 Å². The van der Waals surface area contributed by atoms with E-state index in [2.05, 4.69) is 30.9 Å². The lowest BCUT2D eigenvalue weighted by Crippen LogP contribution is -2.14. The number of carbonyl (C=O) groups excluding carboxylic acids is 1. The summed E-state index contributed by atoms with van der Waals surface area (Å²) in [6.07, 6.45) is 3.64. The maximum absolute atomic E-state index is 14.7. The number of hydrogen-bond donors (Lipinski definition) is 4. The van der Waals surface area contributed by atoms with Gasteiger partial charge < -0.3 is 30.2 Å². The zero-order valence-electron chi connectivity index (χ0n) is 25.2. The zero-order valence-corrected chi connectivity index (χ0v) is 25.2. The average molecular weight is 620 g/mol. The number of amides is 1. The Bertz CT molecular complexity index is 1610. The van der Waals surface area contributed by atoms with Crippen LogP contribution in [0.2, 0.25) is 0 Å². The second-order valence-corrected chi connectivity index (χ2v) is 9.61. The number of anilines is 4. The molecule has 0 saturated carbocycles. The highest BCUT2D eigenvalue weighted by molar-refractivity contribution is 6.12. The van der Waals surface area contributed by atoms with Crippen molar-refractivity contribution >= 4 is 34.6 Å². The molecule has 0 bridgehead atoms. The van der Waals surface area contributed by atoms with Gasteiger partial charge in [-0.2, -0.15) is 0 Å². The van der Waals surface area contributed by atoms with E-state index in [1.54, 1.807) is 43.3 Å². The quantitative estimate of drug-likeness (QED) is 0.0866. The molecule has 2 heterocycles. The molecular weight excluding hydrogens is 584 g/mol. The van der Waals surface area contributed by atoms with Gasteiger partial charge in [-0.1, -0.05) is 18.2 Å². The Hall–Kier alpha value is -5.17. The number of nitrogens with one attached hydrogen (secondary N) is 4. The lowest BCUT2D eigenvalue weighted by atomic mass is 10.1. The lowest BCUT2D eigenvalue weighted by Gasteiger charge is -2.16.